The number of carbonyl (C=O) groups excluding carboxylic acids is 2. The second kappa shape index (κ2) is 8.00. The van der Waals surface area contributed by atoms with Crippen LogP contribution in [-0.4, -0.2) is 31.3 Å². The summed E-state index contributed by atoms with van der Waals surface area (Å²) in [5.41, 5.74) is 1.84. The van der Waals surface area contributed by atoms with E-state index in [0.717, 1.165) is 22.0 Å². The fourth-order valence-corrected chi connectivity index (χ4v) is 3.34. The van der Waals surface area contributed by atoms with Gasteiger partial charge in [0.25, 0.3) is 0 Å². The Labute approximate surface area is 163 Å². The predicted octanol–water partition coefficient (Wildman–Crippen LogP) is 3.66. The minimum Gasteiger partial charge on any atom is -0.442 e. The highest BCUT2D eigenvalue weighted by Crippen LogP contribution is 2.21. The lowest BCUT2D eigenvalue weighted by molar-refractivity contribution is 0.140. The number of urea groups is 1. The van der Waals surface area contributed by atoms with Crippen molar-refractivity contribution in [1.29, 1.82) is 0 Å². The normalized spacial score (nSPS) is 16.1. The van der Waals surface area contributed by atoms with Crippen LogP contribution in [0.1, 0.15) is 5.56 Å². The number of fused-ring (bicyclic) bond motifs is 1. The van der Waals surface area contributed by atoms with Gasteiger partial charge in [0.1, 0.15) is 6.10 Å². The Morgan fingerprint density at radius 3 is 2.57 bits per heavy atom. The summed E-state index contributed by atoms with van der Waals surface area (Å²) in [7, 11) is 0. The van der Waals surface area contributed by atoms with E-state index < -0.39 is 6.09 Å². The lowest BCUT2D eigenvalue weighted by Gasteiger charge is -2.13. The first-order valence-corrected chi connectivity index (χ1v) is 9.22. The smallest absolute Gasteiger partial charge is 0.414 e. The van der Waals surface area contributed by atoms with Crippen molar-refractivity contribution in [2.24, 2.45) is 0 Å². The van der Waals surface area contributed by atoms with Gasteiger partial charge >= 0.3 is 12.1 Å². The van der Waals surface area contributed by atoms with Crippen LogP contribution in [0.15, 0.2) is 72.8 Å². The molecule has 1 aliphatic heterocycles. The van der Waals surface area contributed by atoms with Crippen molar-refractivity contribution >= 4 is 28.6 Å². The van der Waals surface area contributed by atoms with Crippen LogP contribution in [0, 0.1) is 0 Å². The van der Waals surface area contributed by atoms with E-state index in [1.807, 2.05) is 72.8 Å². The molecule has 1 unspecified atom stereocenters. The fourth-order valence-electron chi connectivity index (χ4n) is 3.34. The molecule has 1 atom stereocenters. The molecule has 1 saturated heterocycles. The lowest BCUT2D eigenvalue weighted by atomic mass is 10.0. The number of hydrogen-bond acceptors (Lipinski definition) is 3. The number of nitrogens with one attached hydrogen (secondary N) is 2. The van der Waals surface area contributed by atoms with Crippen molar-refractivity contribution in [2.45, 2.75) is 12.6 Å². The average molecular weight is 375 g/mol. The number of amides is 3. The molecule has 0 bridgehead atoms. The van der Waals surface area contributed by atoms with Gasteiger partial charge in [-0.05, 0) is 28.5 Å². The molecule has 0 saturated carbocycles. The summed E-state index contributed by atoms with van der Waals surface area (Å²) in [5, 5.41) is 7.91. The van der Waals surface area contributed by atoms with Gasteiger partial charge < -0.3 is 15.4 Å². The minimum absolute atomic E-state index is 0.260. The largest absolute Gasteiger partial charge is 0.442 e. The molecule has 0 spiro atoms. The maximum Gasteiger partial charge on any atom is 0.414 e. The lowest BCUT2D eigenvalue weighted by Crippen LogP contribution is -2.40. The highest BCUT2D eigenvalue weighted by atomic mass is 16.6. The number of cyclic esters (lactones) is 1. The highest BCUT2D eigenvalue weighted by Gasteiger charge is 2.32. The Kier molecular flexibility index (Phi) is 5.10. The van der Waals surface area contributed by atoms with Crippen molar-refractivity contribution in [3.63, 3.8) is 0 Å². The minimum atomic E-state index is -0.394. The third-order valence-corrected chi connectivity index (χ3v) is 4.75. The number of hydrogen-bond donors (Lipinski definition) is 2. The summed E-state index contributed by atoms with van der Waals surface area (Å²) in [4.78, 5) is 25.8. The zero-order valence-electron chi connectivity index (χ0n) is 15.3. The van der Waals surface area contributed by atoms with E-state index in [9.17, 15) is 9.59 Å². The van der Waals surface area contributed by atoms with Crippen molar-refractivity contribution < 1.29 is 14.3 Å². The number of benzene rings is 3. The molecule has 3 aromatic rings. The Balaban J connectivity index is 1.29. The molecule has 3 aromatic carbocycles. The van der Waals surface area contributed by atoms with Gasteiger partial charge in [0.05, 0.1) is 13.1 Å². The van der Waals surface area contributed by atoms with Gasteiger partial charge in [0, 0.05) is 12.2 Å². The SMILES string of the molecule is O=C(NCc1cccc2ccccc12)NCC1CN(c2ccccc2)C(=O)O1. The summed E-state index contributed by atoms with van der Waals surface area (Å²) in [6, 6.07) is 23.1. The van der Waals surface area contributed by atoms with Gasteiger partial charge in [0.2, 0.25) is 0 Å². The summed E-state index contributed by atoms with van der Waals surface area (Å²) in [5.74, 6) is 0. The monoisotopic (exact) mass is 375 g/mol. The Morgan fingerprint density at radius 1 is 0.964 bits per heavy atom. The quantitative estimate of drug-likeness (QED) is 0.715. The van der Waals surface area contributed by atoms with Gasteiger partial charge in [-0.1, -0.05) is 60.7 Å². The maximum absolute atomic E-state index is 12.2. The summed E-state index contributed by atoms with van der Waals surface area (Å²) in [6.07, 6.45) is -0.773. The van der Waals surface area contributed by atoms with E-state index in [2.05, 4.69) is 10.6 Å². The van der Waals surface area contributed by atoms with E-state index in [-0.39, 0.29) is 18.7 Å². The number of para-hydroxylation sites is 1. The van der Waals surface area contributed by atoms with Gasteiger partial charge in [-0.15, -0.1) is 0 Å². The van der Waals surface area contributed by atoms with Crippen LogP contribution < -0.4 is 15.5 Å². The maximum atomic E-state index is 12.2. The van der Waals surface area contributed by atoms with E-state index in [0.29, 0.717) is 13.1 Å². The highest BCUT2D eigenvalue weighted by molar-refractivity contribution is 5.90. The van der Waals surface area contributed by atoms with Crippen LogP contribution in [-0.2, 0) is 11.3 Å². The number of rotatable bonds is 5. The molecule has 1 aliphatic rings. The van der Waals surface area contributed by atoms with Gasteiger partial charge in [-0.25, -0.2) is 9.59 Å². The zero-order chi connectivity index (χ0) is 19.3. The van der Waals surface area contributed by atoms with Crippen LogP contribution in [0.4, 0.5) is 15.3 Å². The Hall–Kier alpha value is -3.54. The molecule has 2 N–H and O–H groups in total. The first kappa shape index (κ1) is 17.9. The molecule has 1 fully saturated rings. The van der Waals surface area contributed by atoms with Crippen molar-refractivity contribution in [3.8, 4) is 0 Å². The molecule has 4 rings (SSSR count). The van der Waals surface area contributed by atoms with E-state index >= 15 is 0 Å². The molecule has 28 heavy (non-hydrogen) atoms. The van der Waals surface area contributed by atoms with Crippen LogP contribution in [0.2, 0.25) is 0 Å². The van der Waals surface area contributed by atoms with Gasteiger partial charge in [0.15, 0.2) is 0 Å². The standard InChI is InChI=1S/C22H21N3O3/c26-21(23-13-17-9-6-8-16-7-4-5-12-20(16)17)24-14-19-15-25(22(27)28-19)18-10-2-1-3-11-18/h1-12,19H,13-15H2,(H2,23,24,26). The van der Waals surface area contributed by atoms with Crippen LogP contribution in [0.5, 0.6) is 0 Å². The topological polar surface area (TPSA) is 70.7 Å². The predicted molar refractivity (Wildman–Crippen MR) is 108 cm³/mol. The molecular weight excluding hydrogens is 354 g/mol. The molecule has 0 radical (unpaired) electrons. The van der Waals surface area contributed by atoms with Gasteiger partial charge in [-0.3, -0.25) is 4.90 Å². The number of nitrogens with zero attached hydrogens (tertiary/aromatic N) is 1. The second-order valence-corrected chi connectivity index (χ2v) is 6.65. The summed E-state index contributed by atoms with van der Waals surface area (Å²) in [6.45, 7) is 1.09. The van der Waals surface area contributed by atoms with Crippen LogP contribution in [0.3, 0.4) is 0 Å². The van der Waals surface area contributed by atoms with E-state index in [1.54, 1.807) is 4.90 Å². The number of anilines is 1. The number of ether oxygens (including phenoxy) is 1. The average Bonchev–Trinajstić information content (AvgIpc) is 3.12. The Morgan fingerprint density at radius 2 is 1.71 bits per heavy atom. The van der Waals surface area contributed by atoms with Crippen molar-refractivity contribution in [3.05, 3.63) is 78.4 Å². The first-order chi connectivity index (χ1) is 13.7. The van der Waals surface area contributed by atoms with Crippen LogP contribution >= 0.6 is 0 Å². The summed E-state index contributed by atoms with van der Waals surface area (Å²) >= 11 is 0. The van der Waals surface area contributed by atoms with Crippen LogP contribution in [0.25, 0.3) is 10.8 Å². The third kappa shape index (κ3) is 3.91. The molecule has 3 amide bonds. The fraction of sp³-hybridized carbons (Fsp3) is 0.182. The number of carbonyl (C=O) groups is 2. The molecule has 0 aliphatic carbocycles. The third-order valence-electron chi connectivity index (χ3n) is 4.75. The van der Waals surface area contributed by atoms with E-state index in [4.69, 9.17) is 4.74 Å². The molecule has 0 aromatic heterocycles. The molecule has 6 nitrogen and oxygen atoms in total. The summed E-state index contributed by atoms with van der Waals surface area (Å²) < 4.78 is 5.34. The Bertz CT molecular complexity index is 985. The molecular formula is C22H21N3O3. The first-order valence-electron chi connectivity index (χ1n) is 9.22. The molecule has 142 valence electrons. The zero-order valence-corrected chi connectivity index (χ0v) is 15.3. The van der Waals surface area contributed by atoms with Gasteiger partial charge in [-0.2, -0.15) is 0 Å². The molecule has 1 heterocycles. The molecule has 6 heteroatoms. The van der Waals surface area contributed by atoms with Crippen molar-refractivity contribution in [1.82, 2.24) is 10.6 Å². The van der Waals surface area contributed by atoms with Crippen molar-refractivity contribution in [2.75, 3.05) is 18.0 Å². The second-order valence-electron chi connectivity index (χ2n) is 6.65. The van der Waals surface area contributed by atoms with E-state index in [1.165, 1.54) is 0 Å².